The van der Waals surface area contributed by atoms with E-state index < -0.39 is 5.82 Å². The van der Waals surface area contributed by atoms with Crippen LogP contribution in [0.1, 0.15) is 11.1 Å². The number of hydrogen-bond donors (Lipinski definition) is 1. The molecule has 0 saturated heterocycles. The van der Waals surface area contributed by atoms with E-state index in [9.17, 15) is 14.0 Å². The Morgan fingerprint density at radius 3 is 2.61 bits per heavy atom. The molecule has 0 unspecified atom stereocenters. The highest BCUT2D eigenvalue weighted by atomic mass is 35.5. The van der Waals surface area contributed by atoms with E-state index in [2.05, 4.69) is 10.3 Å². The second-order valence-electron chi connectivity index (χ2n) is 8.51. The first-order valence-electron chi connectivity index (χ1n) is 11.2. The number of methoxy groups -OCH3 is 1. The highest BCUT2D eigenvalue weighted by Crippen LogP contribution is 2.27. The van der Waals surface area contributed by atoms with Gasteiger partial charge in [-0.25, -0.2) is 9.37 Å². The molecule has 5 aromatic rings. The van der Waals surface area contributed by atoms with E-state index in [1.807, 2.05) is 49.4 Å². The fourth-order valence-corrected chi connectivity index (χ4v) is 4.42. The van der Waals surface area contributed by atoms with Gasteiger partial charge in [0, 0.05) is 11.1 Å². The lowest BCUT2D eigenvalue weighted by Gasteiger charge is -2.10. The molecule has 0 bridgehead atoms. The van der Waals surface area contributed by atoms with Crippen molar-refractivity contribution in [2.45, 2.75) is 20.0 Å². The van der Waals surface area contributed by atoms with E-state index in [4.69, 9.17) is 16.3 Å². The smallest absolute Gasteiger partial charge is 0.278 e. The maximum Gasteiger partial charge on any atom is 0.278 e. The number of ether oxygens (including phenoxy) is 1. The van der Waals surface area contributed by atoms with Crippen molar-refractivity contribution in [2.24, 2.45) is 0 Å². The summed E-state index contributed by atoms with van der Waals surface area (Å²) in [5, 5.41) is 3.42. The van der Waals surface area contributed by atoms with Crippen molar-refractivity contribution in [3.8, 4) is 5.75 Å². The van der Waals surface area contributed by atoms with Crippen molar-refractivity contribution < 1.29 is 13.9 Å². The number of benzene rings is 3. The molecule has 7 nitrogen and oxygen atoms in total. The largest absolute Gasteiger partial charge is 0.497 e. The normalized spacial score (nSPS) is 11.2. The molecule has 3 aromatic carbocycles. The van der Waals surface area contributed by atoms with Crippen LogP contribution in [0.25, 0.3) is 21.9 Å². The van der Waals surface area contributed by atoms with Crippen LogP contribution in [-0.4, -0.2) is 27.1 Å². The van der Waals surface area contributed by atoms with Crippen molar-refractivity contribution in [2.75, 3.05) is 12.4 Å². The predicted octanol–water partition coefficient (Wildman–Crippen LogP) is 5.15. The zero-order valence-corrected chi connectivity index (χ0v) is 20.3. The van der Waals surface area contributed by atoms with E-state index >= 15 is 0 Å². The number of aromatic nitrogens is 3. The van der Waals surface area contributed by atoms with E-state index in [1.54, 1.807) is 11.7 Å². The van der Waals surface area contributed by atoms with Crippen LogP contribution < -0.4 is 15.6 Å². The molecule has 0 saturated carbocycles. The molecule has 0 aliphatic heterocycles. The van der Waals surface area contributed by atoms with Gasteiger partial charge in [-0.15, -0.1) is 0 Å². The van der Waals surface area contributed by atoms with E-state index in [1.165, 1.54) is 29.1 Å². The average Bonchev–Trinajstić information content (AvgIpc) is 3.16. The van der Waals surface area contributed by atoms with Crippen LogP contribution in [0, 0.1) is 12.7 Å². The Morgan fingerprint density at radius 2 is 1.89 bits per heavy atom. The molecule has 2 heterocycles. The fraction of sp³-hybridized carbons (Fsp3) is 0.148. The van der Waals surface area contributed by atoms with Crippen LogP contribution in [-0.2, 0) is 17.9 Å². The number of halogens is 2. The lowest BCUT2D eigenvalue weighted by molar-refractivity contribution is -0.116. The number of hydrogen-bond acceptors (Lipinski definition) is 4. The quantitative estimate of drug-likeness (QED) is 0.347. The maximum atomic E-state index is 13.6. The summed E-state index contributed by atoms with van der Waals surface area (Å²) in [7, 11) is 1.60. The first-order valence-corrected chi connectivity index (χ1v) is 11.6. The third-order valence-electron chi connectivity index (χ3n) is 6.00. The minimum Gasteiger partial charge on any atom is -0.497 e. The number of fused-ring (bicyclic) bond motifs is 3. The van der Waals surface area contributed by atoms with Gasteiger partial charge in [0.25, 0.3) is 5.56 Å². The summed E-state index contributed by atoms with van der Waals surface area (Å²) >= 11 is 5.84. The Bertz CT molecular complexity index is 1680. The van der Waals surface area contributed by atoms with Crippen LogP contribution in [0.2, 0.25) is 5.02 Å². The molecule has 36 heavy (non-hydrogen) atoms. The third-order valence-corrected chi connectivity index (χ3v) is 6.29. The predicted molar refractivity (Wildman–Crippen MR) is 138 cm³/mol. The molecule has 0 radical (unpaired) electrons. The summed E-state index contributed by atoms with van der Waals surface area (Å²) in [6.07, 6.45) is 1.53. The van der Waals surface area contributed by atoms with Gasteiger partial charge in [-0.3, -0.25) is 14.2 Å². The number of carbonyl (C=O) groups is 1. The Balaban J connectivity index is 1.56. The second kappa shape index (κ2) is 9.47. The molecule has 2 aromatic heterocycles. The van der Waals surface area contributed by atoms with Crippen LogP contribution in [0.3, 0.4) is 0 Å². The highest BCUT2D eigenvalue weighted by Gasteiger charge is 2.19. The molecule has 0 aliphatic rings. The number of anilines is 1. The standard InChI is InChI=1S/C27H22ClFN4O3/c1-16-3-10-23-20(11-16)25-26(33(23)14-24(34)31-18-6-9-22(29)21(28)12-18)27(35)32(15-30-25)13-17-4-7-19(36-2)8-5-17/h3-12,15H,13-14H2,1-2H3,(H,31,34). The fourth-order valence-electron chi connectivity index (χ4n) is 4.24. The summed E-state index contributed by atoms with van der Waals surface area (Å²) in [5.74, 6) is -0.235. The zero-order chi connectivity index (χ0) is 25.4. The highest BCUT2D eigenvalue weighted by molar-refractivity contribution is 6.31. The Kier molecular flexibility index (Phi) is 6.20. The number of amides is 1. The molecular formula is C27H22ClFN4O3. The van der Waals surface area contributed by atoms with Crippen molar-refractivity contribution in [1.29, 1.82) is 0 Å². The maximum absolute atomic E-state index is 13.6. The summed E-state index contributed by atoms with van der Waals surface area (Å²) in [6, 6.07) is 17.1. The molecule has 9 heteroatoms. The van der Waals surface area contributed by atoms with E-state index in [0.29, 0.717) is 23.3 Å². The molecular weight excluding hydrogens is 483 g/mol. The number of carbonyl (C=O) groups excluding carboxylic acids is 1. The van der Waals surface area contributed by atoms with Gasteiger partial charge in [-0.1, -0.05) is 35.4 Å². The van der Waals surface area contributed by atoms with Crippen molar-refractivity contribution >= 4 is 45.1 Å². The van der Waals surface area contributed by atoms with Gasteiger partial charge in [-0.2, -0.15) is 0 Å². The topological polar surface area (TPSA) is 78.2 Å². The van der Waals surface area contributed by atoms with Gasteiger partial charge in [0.15, 0.2) is 0 Å². The monoisotopic (exact) mass is 504 g/mol. The summed E-state index contributed by atoms with van der Waals surface area (Å²) in [5.41, 5.74) is 3.59. The van der Waals surface area contributed by atoms with Crippen molar-refractivity contribution in [3.63, 3.8) is 0 Å². The van der Waals surface area contributed by atoms with E-state index in [0.717, 1.165) is 27.8 Å². The summed E-state index contributed by atoms with van der Waals surface area (Å²) in [6.45, 7) is 2.13. The molecule has 0 atom stereocenters. The van der Waals surface area contributed by atoms with Crippen LogP contribution in [0.15, 0.2) is 71.8 Å². The lowest BCUT2D eigenvalue weighted by atomic mass is 10.1. The molecule has 5 rings (SSSR count). The Morgan fingerprint density at radius 1 is 1.11 bits per heavy atom. The van der Waals surface area contributed by atoms with Crippen LogP contribution >= 0.6 is 11.6 Å². The van der Waals surface area contributed by atoms with Gasteiger partial charge in [-0.05, 0) is 55.0 Å². The number of aryl methyl sites for hydroxylation is 1. The first-order chi connectivity index (χ1) is 17.3. The average molecular weight is 505 g/mol. The second-order valence-corrected chi connectivity index (χ2v) is 8.91. The van der Waals surface area contributed by atoms with Crippen LogP contribution in [0.5, 0.6) is 5.75 Å². The van der Waals surface area contributed by atoms with Crippen LogP contribution in [0.4, 0.5) is 10.1 Å². The SMILES string of the molecule is COc1ccc(Cn2cnc3c4cc(C)ccc4n(CC(=O)Nc4ccc(F)c(Cl)c4)c3c2=O)cc1. The van der Waals surface area contributed by atoms with Gasteiger partial charge >= 0.3 is 0 Å². The molecule has 0 fully saturated rings. The molecule has 0 aliphatic carbocycles. The van der Waals surface area contributed by atoms with Crippen molar-refractivity contribution in [3.05, 3.63) is 99.3 Å². The third kappa shape index (κ3) is 4.43. The molecule has 182 valence electrons. The van der Waals surface area contributed by atoms with E-state index in [-0.39, 0.29) is 23.0 Å². The lowest BCUT2D eigenvalue weighted by Crippen LogP contribution is -2.25. The minimum atomic E-state index is -0.573. The number of rotatable bonds is 6. The summed E-state index contributed by atoms with van der Waals surface area (Å²) < 4.78 is 21.9. The van der Waals surface area contributed by atoms with Gasteiger partial charge in [0.05, 0.1) is 30.5 Å². The number of nitrogens with zero attached hydrogens (tertiary/aromatic N) is 3. The Labute approximate surface area is 210 Å². The minimum absolute atomic E-state index is 0.0919. The van der Waals surface area contributed by atoms with Gasteiger partial charge in [0.1, 0.15) is 29.1 Å². The van der Waals surface area contributed by atoms with Gasteiger partial charge < -0.3 is 14.6 Å². The first kappa shape index (κ1) is 23.6. The number of nitrogens with one attached hydrogen (secondary N) is 1. The molecule has 0 spiro atoms. The van der Waals surface area contributed by atoms with Gasteiger partial charge in [0.2, 0.25) is 5.91 Å². The zero-order valence-electron chi connectivity index (χ0n) is 19.6. The Hall–Kier alpha value is -4.17. The molecule has 1 N–H and O–H groups in total. The van der Waals surface area contributed by atoms with Crippen molar-refractivity contribution in [1.82, 2.24) is 14.1 Å². The summed E-state index contributed by atoms with van der Waals surface area (Å²) in [4.78, 5) is 31.2. The molecule has 1 amide bonds.